The molecule has 26 heavy (non-hydrogen) atoms. The van der Waals surface area contributed by atoms with Crippen molar-refractivity contribution in [3.63, 3.8) is 0 Å². The summed E-state index contributed by atoms with van der Waals surface area (Å²) in [4.78, 5) is 6.77. The van der Waals surface area contributed by atoms with E-state index in [-0.39, 0.29) is 11.5 Å². The molecule has 0 bridgehead atoms. The zero-order valence-corrected chi connectivity index (χ0v) is 16.5. The number of benzene rings is 1. The monoisotopic (exact) mass is 377 g/mol. The average Bonchev–Trinajstić information content (AvgIpc) is 3.06. The standard InChI is InChI=1S/C20H31N3O2S/c1-21-20(23-14-18-10-5-6-11-19(18)15-23)22-12-7-13-26(24,25)16-17-8-3-2-4-9-17/h2-4,8-9,18-19H,5-7,10-16H2,1H3,(H,21,22). The highest BCUT2D eigenvalue weighted by molar-refractivity contribution is 7.90. The highest BCUT2D eigenvalue weighted by atomic mass is 32.2. The van der Waals surface area contributed by atoms with E-state index in [1.165, 1.54) is 25.7 Å². The van der Waals surface area contributed by atoms with Crippen molar-refractivity contribution in [2.24, 2.45) is 16.8 Å². The van der Waals surface area contributed by atoms with Crippen molar-refractivity contribution in [1.29, 1.82) is 0 Å². The van der Waals surface area contributed by atoms with Crippen molar-refractivity contribution >= 4 is 15.8 Å². The lowest BCUT2D eigenvalue weighted by Gasteiger charge is -2.22. The van der Waals surface area contributed by atoms with Gasteiger partial charge in [0.1, 0.15) is 0 Å². The number of aliphatic imine (C=N–C) groups is 1. The maximum absolute atomic E-state index is 12.3. The van der Waals surface area contributed by atoms with E-state index < -0.39 is 9.84 Å². The molecule has 2 unspecified atom stereocenters. The summed E-state index contributed by atoms with van der Waals surface area (Å²) < 4.78 is 24.5. The van der Waals surface area contributed by atoms with Gasteiger partial charge in [0.2, 0.25) is 0 Å². The molecule has 6 heteroatoms. The highest BCUT2D eigenvalue weighted by Crippen LogP contribution is 2.35. The first-order chi connectivity index (χ1) is 12.6. The van der Waals surface area contributed by atoms with E-state index in [4.69, 9.17) is 0 Å². The molecule has 1 heterocycles. The number of hydrogen-bond acceptors (Lipinski definition) is 3. The number of sulfone groups is 1. The molecule has 2 fully saturated rings. The van der Waals surface area contributed by atoms with Crippen LogP contribution < -0.4 is 5.32 Å². The van der Waals surface area contributed by atoms with Crippen LogP contribution in [0.1, 0.15) is 37.7 Å². The maximum Gasteiger partial charge on any atom is 0.193 e. The number of fused-ring (bicyclic) bond motifs is 1. The summed E-state index contributed by atoms with van der Waals surface area (Å²) >= 11 is 0. The van der Waals surface area contributed by atoms with Gasteiger partial charge in [0, 0.05) is 26.7 Å². The summed E-state index contributed by atoms with van der Waals surface area (Å²) in [7, 11) is -1.25. The normalized spacial score (nSPS) is 23.7. The average molecular weight is 378 g/mol. The SMILES string of the molecule is CN=C(NCCCS(=O)(=O)Cc1ccccc1)N1CC2CCCCC2C1. The Morgan fingerprint density at radius 3 is 2.42 bits per heavy atom. The fourth-order valence-electron chi connectivity index (χ4n) is 4.30. The molecule has 2 aliphatic rings. The molecule has 0 radical (unpaired) electrons. The minimum absolute atomic E-state index is 0.123. The Bertz CT molecular complexity index is 689. The minimum atomic E-state index is -3.07. The number of nitrogens with zero attached hydrogens (tertiary/aromatic N) is 2. The van der Waals surface area contributed by atoms with E-state index in [0.717, 1.165) is 36.4 Å². The number of nitrogens with one attached hydrogen (secondary N) is 1. The third-order valence-corrected chi connectivity index (χ3v) is 7.32. The van der Waals surface area contributed by atoms with Crippen LogP contribution >= 0.6 is 0 Å². The van der Waals surface area contributed by atoms with Crippen LogP contribution in [0.5, 0.6) is 0 Å². The van der Waals surface area contributed by atoms with Gasteiger partial charge in [-0.1, -0.05) is 43.2 Å². The maximum atomic E-state index is 12.3. The molecule has 144 valence electrons. The van der Waals surface area contributed by atoms with E-state index in [2.05, 4.69) is 15.2 Å². The second-order valence-electron chi connectivity index (χ2n) is 7.61. The molecule has 0 spiro atoms. The molecule has 5 nitrogen and oxygen atoms in total. The first-order valence-electron chi connectivity index (χ1n) is 9.77. The van der Waals surface area contributed by atoms with Crippen LogP contribution in [0.25, 0.3) is 0 Å². The molecule has 1 aliphatic carbocycles. The van der Waals surface area contributed by atoms with Gasteiger partial charge in [-0.2, -0.15) is 0 Å². The number of likely N-dealkylation sites (tertiary alicyclic amines) is 1. The molecule has 2 atom stereocenters. The Labute approximate surface area is 157 Å². The van der Waals surface area contributed by atoms with Gasteiger partial charge in [0.25, 0.3) is 0 Å². The van der Waals surface area contributed by atoms with E-state index in [1.54, 1.807) is 0 Å². The van der Waals surface area contributed by atoms with Crippen LogP contribution in [0.3, 0.4) is 0 Å². The lowest BCUT2D eigenvalue weighted by atomic mass is 9.82. The van der Waals surface area contributed by atoms with Gasteiger partial charge in [0.05, 0.1) is 11.5 Å². The van der Waals surface area contributed by atoms with Gasteiger partial charge in [-0.3, -0.25) is 4.99 Å². The summed E-state index contributed by atoms with van der Waals surface area (Å²) in [5, 5.41) is 3.37. The van der Waals surface area contributed by atoms with Gasteiger partial charge in [-0.15, -0.1) is 0 Å². The quantitative estimate of drug-likeness (QED) is 0.470. The summed E-state index contributed by atoms with van der Waals surface area (Å²) in [6.45, 7) is 2.83. The Hall–Kier alpha value is -1.56. The summed E-state index contributed by atoms with van der Waals surface area (Å²) in [6.07, 6.45) is 6.02. The van der Waals surface area contributed by atoms with Crippen molar-refractivity contribution < 1.29 is 8.42 Å². The van der Waals surface area contributed by atoms with Crippen molar-refractivity contribution in [3.05, 3.63) is 35.9 Å². The van der Waals surface area contributed by atoms with Crippen LogP contribution in [-0.4, -0.2) is 51.7 Å². The Balaban J connectivity index is 1.42. The van der Waals surface area contributed by atoms with Crippen LogP contribution in [0.4, 0.5) is 0 Å². The smallest absolute Gasteiger partial charge is 0.193 e. The van der Waals surface area contributed by atoms with E-state index in [1.807, 2.05) is 37.4 Å². The predicted molar refractivity (Wildman–Crippen MR) is 107 cm³/mol. The fourth-order valence-corrected chi connectivity index (χ4v) is 5.73. The number of guanidine groups is 1. The van der Waals surface area contributed by atoms with E-state index in [0.29, 0.717) is 13.0 Å². The molecule has 1 N–H and O–H groups in total. The zero-order valence-electron chi connectivity index (χ0n) is 15.7. The molecule has 0 aromatic heterocycles. The molecular weight excluding hydrogens is 346 g/mol. The molecule has 1 aliphatic heterocycles. The number of hydrogen-bond donors (Lipinski definition) is 1. The van der Waals surface area contributed by atoms with Crippen LogP contribution in [0.15, 0.2) is 35.3 Å². The predicted octanol–water partition coefficient (Wildman–Crippen LogP) is 2.69. The minimum Gasteiger partial charge on any atom is -0.356 e. The Kier molecular flexibility index (Phi) is 6.57. The van der Waals surface area contributed by atoms with E-state index >= 15 is 0 Å². The van der Waals surface area contributed by atoms with E-state index in [9.17, 15) is 8.42 Å². The second-order valence-corrected chi connectivity index (χ2v) is 9.80. The van der Waals surface area contributed by atoms with Gasteiger partial charge in [0.15, 0.2) is 15.8 Å². The van der Waals surface area contributed by atoms with Crippen molar-refractivity contribution in [3.8, 4) is 0 Å². The van der Waals surface area contributed by atoms with Gasteiger partial charge < -0.3 is 10.2 Å². The van der Waals surface area contributed by atoms with Gasteiger partial charge in [-0.25, -0.2) is 8.42 Å². The Morgan fingerprint density at radius 1 is 1.15 bits per heavy atom. The topological polar surface area (TPSA) is 61.8 Å². The summed E-state index contributed by atoms with van der Waals surface area (Å²) in [6, 6.07) is 9.39. The zero-order chi connectivity index (χ0) is 18.4. The molecule has 1 saturated heterocycles. The first kappa shape index (κ1) is 19.2. The van der Waals surface area contributed by atoms with Crippen LogP contribution in [0.2, 0.25) is 0 Å². The third-order valence-electron chi connectivity index (χ3n) is 5.63. The molecule has 1 saturated carbocycles. The first-order valence-corrected chi connectivity index (χ1v) is 11.6. The molecular formula is C20H31N3O2S. The number of rotatable bonds is 6. The van der Waals surface area contributed by atoms with Crippen molar-refractivity contribution in [2.75, 3.05) is 32.4 Å². The lowest BCUT2D eigenvalue weighted by Crippen LogP contribution is -2.41. The summed E-state index contributed by atoms with van der Waals surface area (Å²) in [5.74, 6) is 2.89. The van der Waals surface area contributed by atoms with Gasteiger partial charge >= 0.3 is 0 Å². The van der Waals surface area contributed by atoms with Gasteiger partial charge in [-0.05, 0) is 36.7 Å². The molecule has 1 aromatic rings. The van der Waals surface area contributed by atoms with Crippen LogP contribution in [0, 0.1) is 11.8 Å². The third kappa shape index (κ3) is 5.22. The Morgan fingerprint density at radius 2 is 1.81 bits per heavy atom. The highest BCUT2D eigenvalue weighted by Gasteiger charge is 2.35. The fraction of sp³-hybridized carbons (Fsp3) is 0.650. The molecule has 1 aromatic carbocycles. The van der Waals surface area contributed by atoms with Crippen LogP contribution in [-0.2, 0) is 15.6 Å². The lowest BCUT2D eigenvalue weighted by molar-refractivity contribution is 0.299. The molecule has 3 rings (SSSR count). The van der Waals surface area contributed by atoms with Crippen molar-refractivity contribution in [2.45, 2.75) is 37.9 Å². The van der Waals surface area contributed by atoms with Crippen molar-refractivity contribution in [1.82, 2.24) is 10.2 Å². The summed E-state index contributed by atoms with van der Waals surface area (Å²) in [5.41, 5.74) is 0.857. The largest absolute Gasteiger partial charge is 0.356 e. The second kappa shape index (κ2) is 8.89. The molecule has 0 amide bonds.